The lowest BCUT2D eigenvalue weighted by Gasteiger charge is -2.36. The highest BCUT2D eigenvalue weighted by Crippen LogP contribution is 2.24. The van der Waals surface area contributed by atoms with E-state index in [4.69, 9.17) is 36.3 Å². The third kappa shape index (κ3) is 15.8. The Kier molecular flexibility index (Phi) is 17.1. The molecule has 10 heteroatoms. The lowest BCUT2D eigenvalue weighted by molar-refractivity contribution is -0.471. The summed E-state index contributed by atoms with van der Waals surface area (Å²) in [6.45, 7) is 19.5. The van der Waals surface area contributed by atoms with Gasteiger partial charge in [-0.2, -0.15) is 0 Å². The Hall–Kier alpha value is 0.114. The molecule has 0 fully saturated rings. The van der Waals surface area contributed by atoms with Gasteiger partial charge in [-0.15, -0.1) is 0 Å². The molecule has 8 nitrogen and oxygen atoms in total. The molecule has 0 aromatic rings. The molecule has 0 unspecified atom stereocenters. The van der Waals surface area contributed by atoms with Gasteiger partial charge in [-0.25, -0.2) is 0 Å². The zero-order valence-corrected chi connectivity index (χ0v) is 24.5. The van der Waals surface area contributed by atoms with E-state index in [2.05, 4.69) is 0 Å². The lowest BCUT2D eigenvalue weighted by atomic mass is 10.2. The molecule has 0 saturated carbocycles. The molecule has 0 heterocycles. The molecule has 0 spiro atoms. The maximum absolute atomic E-state index is 5.77. The van der Waals surface area contributed by atoms with Gasteiger partial charge in [0.2, 0.25) is 0 Å². The summed E-state index contributed by atoms with van der Waals surface area (Å²) in [6.07, 6.45) is 1.50. The van der Waals surface area contributed by atoms with Crippen LogP contribution in [0.1, 0.15) is 81.6 Å². The Morgan fingerprint density at radius 2 is 0.933 bits per heavy atom. The van der Waals surface area contributed by atoms with E-state index in [9.17, 15) is 0 Å². The van der Waals surface area contributed by atoms with Crippen molar-refractivity contribution < 1.29 is 36.3 Å². The van der Waals surface area contributed by atoms with Gasteiger partial charge in [0.25, 0.3) is 0 Å². The molecule has 0 aliphatic heterocycles. The van der Waals surface area contributed by atoms with Crippen LogP contribution in [0.25, 0.3) is 0 Å². The molecular formula is C20H48O8Si2. The maximum Gasteiger partial charge on any atom is 0.680 e. The van der Waals surface area contributed by atoms with Gasteiger partial charge in [0, 0.05) is 14.2 Å². The number of ether oxygens (including phenoxy) is 3. The van der Waals surface area contributed by atoms with Crippen LogP contribution < -0.4 is 0 Å². The average molecular weight is 473 g/mol. The van der Waals surface area contributed by atoms with Crippen molar-refractivity contribution >= 4 is 19.5 Å². The average Bonchev–Trinajstić information content (AvgIpc) is 2.65. The highest BCUT2D eigenvalue weighted by atomic mass is 28.4. The molecule has 0 saturated heterocycles. The minimum atomic E-state index is -3.01. The highest BCUT2D eigenvalue weighted by molar-refractivity contribution is 6.53. The SMILES string of the molecule is CCCOC(O[SiH3])(OCCC)OCCC.CO[Si](OC)(OC(C)(C)C)OC(C)(C)C. The monoisotopic (exact) mass is 472 g/mol. The fraction of sp³-hybridized carbons (Fsp3) is 1.00. The van der Waals surface area contributed by atoms with E-state index in [1.54, 1.807) is 14.2 Å². The van der Waals surface area contributed by atoms with Gasteiger partial charge in [-0.05, 0) is 60.8 Å². The molecule has 0 N–H and O–H groups in total. The first-order valence-electron chi connectivity index (χ1n) is 10.8. The van der Waals surface area contributed by atoms with E-state index >= 15 is 0 Å². The highest BCUT2D eigenvalue weighted by Gasteiger charge is 2.49. The van der Waals surface area contributed by atoms with Gasteiger partial charge >= 0.3 is 15.2 Å². The first-order valence-corrected chi connectivity index (χ1v) is 13.2. The standard InChI is InChI=1S/2C10H24O4Si/c1-9(2,3)13-15(11-7,12-8)14-10(4,5)6;1-4-7-11-10(14-15,12-8-5-2)13-9-6-3/h1-8H3;4-9H2,1-3,15H3. The van der Waals surface area contributed by atoms with Crippen molar-refractivity contribution in [2.45, 2.75) is 98.9 Å². The topological polar surface area (TPSA) is 73.8 Å². The van der Waals surface area contributed by atoms with Crippen LogP contribution in [-0.4, -0.2) is 70.9 Å². The van der Waals surface area contributed by atoms with E-state index in [1.807, 2.05) is 62.3 Å². The number of hydrogen-bond acceptors (Lipinski definition) is 8. The second-order valence-electron chi connectivity index (χ2n) is 8.59. The second kappa shape index (κ2) is 15.8. The molecular weight excluding hydrogens is 424 g/mol. The van der Waals surface area contributed by atoms with Gasteiger partial charge < -0.3 is 36.3 Å². The third-order valence-corrected chi connectivity index (χ3v) is 6.29. The van der Waals surface area contributed by atoms with Crippen molar-refractivity contribution in [3.63, 3.8) is 0 Å². The van der Waals surface area contributed by atoms with Crippen molar-refractivity contribution in [1.82, 2.24) is 0 Å². The van der Waals surface area contributed by atoms with Crippen LogP contribution in [0.15, 0.2) is 0 Å². The lowest BCUT2D eigenvalue weighted by Crippen LogP contribution is -2.55. The predicted molar refractivity (Wildman–Crippen MR) is 124 cm³/mol. The van der Waals surface area contributed by atoms with Gasteiger partial charge in [-0.1, -0.05) is 20.8 Å². The third-order valence-electron chi connectivity index (χ3n) is 3.06. The van der Waals surface area contributed by atoms with E-state index < -0.39 is 15.2 Å². The van der Waals surface area contributed by atoms with Crippen molar-refractivity contribution in [2.75, 3.05) is 34.0 Å². The van der Waals surface area contributed by atoms with Gasteiger partial charge in [-0.3, -0.25) is 0 Å². The molecule has 0 aliphatic carbocycles. The normalized spacial score (nSPS) is 13.3. The summed E-state index contributed by atoms with van der Waals surface area (Å²) in [5.41, 5.74) is -0.715. The van der Waals surface area contributed by atoms with Gasteiger partial charge in [0.1, 0.15) is 0 Å². The van der Waals surface area contributed by atoms with Crippen molar-refractivity contribution in [3.05, 3.63) is 0 Å². The van der Waals surface area contributed by atoms with E-state index in [0.717, 1.165) is 19.3 Å². The van der Waals surface area contributed by atoms with E-state index in [-0.39, 0.29) is 11.2 Å². The predicted octanol–water partition coefficient (Wildman–Crippen LogP) is 3.52. The number of rotatable bonds is 14. The molecule has 0 radical (unpaired) electrons. The van der Waals surface area contributed by atoms with Crippen LogP contribution in [0.2, 0.25) is 0 Å². The minimum absolute atomic E-state index is 0.358. The summed E-state index contributed by atoms with van der Waals surface area (Å²) in [5.74, 6) is 0. The van der Waals surface area contributed by atoms with Crippen LogP contribution in [0.3, 0.4) is 0 Å². The molecule has 0 amide bonds. The summed E-state index contributed by atoms with van der Waals surface area (Å²) in [6, 6.07) is 0. The molecule has 30 heavy (non-hydrogen) atoms. The maximum atomic E-state index is 5.77. The Balaban J connectivity index is 0. The molecule has 0 bridgehead atoms. The summed E-state index contributed by atoms with van der Waals surface area (Å²) in [7, 11) is 0.605. The summed E-state index contributed by atoms with van der Waals surface area (Å²) >= 11 is 0. The van der Waals surface area contributed by atoms with Crippen LogP contribution in [0, 0.1) is 0 Å². The van der Waals surface area contributed by atoms with Crippen LogP contribution >= 0.6 is 0 Å². The molecule has 0 atom stereocenters. The summed E-state index contributed by atoms with van der Waals surface area (Å²) in [5, 5.41) is 0. The molecule has 0 aromatic heterocycles. The first kappa shape index (κ1) is 32.3. The Bertz CT molecular complexity index is 367. The zero-order chi connectivity index (χ0) is 23.9. The Morgan fingerprint density at radius 1 is 0.633 bits per heavy atom. The quantitative estimate of drug-likeness (QED) is 0.281. The number of hydrogen-bond donors (Lipinski definition) is 0. The van der Waals surface area contributed by atoms with E-state index in [1.165, 1.54) is 0 Å². The second-order valence-corrected chi connectivity index (χ2v) is 11.2. The van der Waals surface area contributed by atoms with Crippen molar-refractivity contribution in [3.8, 4) is 0 Å². The molecule has 0 aliphatic rings. The fourth-order valence-corrected chi connectivity index (χ4v) is 4.40. The smallest absolute Gasteiger partial charge is 0.357 e. The van der Waals surface area contributed by atoms with Crippen molar-refractivity contribution in [2.24, 2.45) is 0 Å². The van der Waals surface area contributed by atoms with E-state index in [0.29, 0.717) is 30.3 Å². The Labute approximate surface area is 189 Å². The van der Waals surface area contributed by atoms with Gasteiger partial charge in [0.05, 0.1) is 31.0 Å². The molecule has 0 rings (SSSR count). The zero-order valence-electron chi connectivity index (χ0n) is 21.5. The summed E-state index contributed by atoms with van der Waals surface area (Å²) < 4.78 is 44.0. The Morgan fingerprint density at radius 3 is 1.10 bits per heavy atom. The van der Waals surface area contributed by atoms with Crippen LogP contribution in [0.5, 0.6) is 0 Å². The minimum Gasteiger partial charge on any atom is -0.357 e. The fourth-order valence-electron chi connectivity index (χ4n) is 2.00. The largest absolute Gasteiger partial charge is 0.680 e. The molecule has 0 aromatic carbocycles. The molecule has 184 valence electrons. The summed E-state index contributed by atoms with van der Waals surface area (Å²) in [4.78, 5) is 0. The van der Waals surface area contributed by atoms with Crippen molar-refractivity contribution in [1.29, 1.82) is 0 Å². The first-order chi connectivity index (χ1) is 13.8. The van der Waals surface area contributed by atoms with Gasteiger partial charge in [0.15, 0.2) is 10.5 Å². The van der Waals surface area contributed by atoms with Crippen LogP contribution in [-0.2, 0) is 36.3 Å². The van der Waals surface area contributed by atoms with Crippen LogP contribution in [0.4, 0.5) is 0 Å².